The maximum absolute atomic E-state index is 9.05. The van der Waals surface area contributed by atoms with E-state index in [0.717, 1.165) is 22.1 Å². The second-order valence-electron chi connectivity index (χ2n) is 6.06. The molecule has 4 rings (SSSR count). The number of oxime groups is 1. The fourth-order valence-corrected chi connectivity index (χ4v) is 2.83. The highest BCUT2D eigenvalue weighted by Gasteiger charge is 2.29. The van der Waals surface area contributed by atoms with Crippen LogP contribution < -0.4 is 4.74 Å². The average Bonchev–Trinajstić information content (AvgIpc) is 3.02. The molecule has 1 N–H and O–H groups in total. The smallest absolute Gasteiger partial charge is 0.142 e. The molecule has 0 saturated carbocycles. The first-order chi connectivity index (χ1) is 12.6. The van der Waals surface area contributed by atoms with Crippen LogP contribution in [0.15, 0.2) is 65.8 Å². The van der Waals surface area contributed by atoms with Crippen molar-refractivity contribution in [3.05, 3.63) is 87.3 Å². The lowest BCUT2D eigenvalue weighted by atomic mass is 10.00. The number of aryl methyl sites for hydroxylation is 2. The molecule has 0 aliphatic carbocycles. The molecule has 1 aliphatic rings. The van der Waals surface area contributed by atoms with E-state index in [4.69, 9.17) is 19.9 Å². The Morgan fingerprint density at radius 2 is 1.46 bits per heavy atom. The van der Waals surface area contributed by atoms with Crippen LogP contribution in [0.3, 0.4) is 0 Å². The summed E-state index contributed by atoms with van der Waals surface area (Å²) in [5.41, 5.74) is 4.17. The van der Waals surface area contributed by atoms with E-state index >= 15 is 0 Å². The van der Waals surface area contributed by atoms with Gasteiger partial charge < -0.3 is 9.94 Å². The number of rotatable bonds is 0. The van der Waals surface area contributed by atoms with Gasteiger partial charge in [0.15, 0.2) is 0 Å². The van der Waals surface area contributed by atoms with E-state index in [0.29, 0.717) is 5.71 Å². The first-order valence-corrected chi connectivity index (χ1v) is 8.21. The third kappa shape index (κ3) is 4.06. The molecule has 134 valence electrons. The van der Waals surface area contributed by atoms with Crippen LogP contribution in [-0.2, 0) is 0 Å². The van der Waals surface area contributed by atoms with E-state index in [1.165, 1.54) is 11.1 Å². The third-order valence-electron chi connectivity index (χ3n) is 4.16. The van der Waals surface area contributed by atoms with Gasteiger partial charge in [0.1, 0.15) is 17.6 Å². The van der Waals surface area contributed by atoms with E-state index in [1.807, 2.05) is 43.3 Å². The molecule has 26 heavy (non-hydrogen) atoms. The van der Waals surface area contributed by atoms with Crippen molar-refractivity contribution in [2.45, 2.75) is 26.9 Å². The minimum Gasteiger partial charge on any atom is -0.484 e. The van der Waals surface area contributed by atoms with E-state index in [-0.39, 0.29) is 6.10 Å². The molecule has 5 nitrogen and oxygen atoms in total. The summed E-state index contributed by atoms with van der Waals surface area (Å²) in [4.78, 5) is 14.0. The number of hydrogen-bond donors (Lipinski definition) is 1. The molecule has 5 heteroatoms. The van der Waals surface area contributed by atoms with Crippen LogP contribution in [0, 0.1) is 23.8 Å². The molecule has 1 unspecified atom stereocenters. The van der Waals surface area contributed by atoms with Crippen LogP contribution in [-0.4, -0.2) is 17.0 Å². The van der Waals surface area contributed by atoms with Crippen molar-refractivity contribution in [1.29, 1.82) is 0 Å². The van der Waals surface area contributed by atoms with Gasteiger partial charge in [0.25, 0.3) is 0 Å². The molecule has 1 heterocycles. The Balaban J connectivity index is 0.000000206. The van der Waals surface area contributed by atoms with Gasteiger partial charge in [0.2, 0.25) is 0 Å². The molecule has 0 fully saturated rings. The fraction of sp³-hybridized carbons (Fsp3) is 0.190. The summed E-state index contributed by atoms with van der Waals surface area (Å²) in [5, 5.41) is 14.6. The van der Waals surface area contributed by atoms with Gasteiger partial charge >= 0.3 is 0 Å². The monoisotopic (exact) mass is 351 g/mol. The SMILES string of the molecule is CC1Oc2ccc3ccccc3c2/C1=N/O.Cc1ccc(C)cc1.O=O. The molecule has 3 aromatic carbocycles. The average molecular weight is 351 g/mol. The zero-order valence-corrected chi connectivity index (χ0v) is 15.0. The molecule has 3 aromatic rings. The lowest BCUT2D eigenvalue weighted by Gasteiger charge is -2.02. The van der Waals surface area contributed by atoms with E-state index in [1.54, 1.807) is 0 Å². The quantitative estimate of drug-likeness (QED) is 0.448. The van der Waals surface area contributed by atoms with Crippen molar-refractivity contribution in [2.24, 2.45) is 5.16 Å². The van der Waals surface area contributed by atoms with Crippen LogP contribution in [0.25, 0.3) is 10.8 Å². The molecule has 1 aliphatic heterocycles. The molecule has 0 amide bonds. The van der Waals surface area contributed by atoms with Gasteiger partial charge in [0, 0.05) is 9.93 Å². The lowest BCUT2D eigenvalue weighted by Crippen LogP contribution is -2.16. The Morgan fingerprint density at radius 1 is 0.885 bits per heavy atom. The zero-order chi connectivity index (χ0) is 19.1. The van der Waals surface area contributed by atoms with Crippen LogP contribution in [0.1, 0.15) is 23.6 Å². The van der Waals surface area contributed by atoms with Gasteiger partial charge in [-0.2, -0.15) is 0 Å². The summed E-state index contributed by atoms with van der Waals surface area (Å²) in [7, 11) is 0. The number of benzene rings is 3. The molecule has 0 bridgehead atoms. The first-order valence-electron chi connectivity index (χ1n) is 8.21. The van der Waals surface area contributed by atoms with Crippen molar-refractivity contribution in [1.82, 2.24) is 0 Å². The maximum Gasteiger partial charge on any atom is 0.142 e. The number of hydrogen-bond acceptors (Lipinski definition) is 5. The Labute approximate surface area is 152 Å². The largest absolute Gasteiger partial charge is 0.484 e. The summed E-state index contributed by atoms with van der Waals surface area (Å²) in [6.07, 6.45) is -0.189. The Kier molecular flexibility index (Phi) is 6.44. The van der Waals surface area contributed by atoms with Crippen molar-refractivity contribution in [2.75, 3.05) is 0 Å². The molecule has 1 atom stereocenters. The molecule has 0 saturated heterocycles. The minimum atomic E-state index is -0.189. The second-order valence-corrected chi connectivity index (χ2v) is 6.06. The zero-order valence-electron chi connectivity index (χ0n) is 15.0. The third-order valence-corrected chi connectivity index (χ3v) is 4.16. The van der Waals surface area contributed by atoms with Crippen LogP contribution in [0.4, 0.5) is 0 Å². The Hall–Kier alpha value is -3.21. The summed E-state index contributed by atoms with van der Waals surface area (Å²) in [6.45, 7) is 6.07. The second kappa shape index (κ2) is 8.76. The summed E-state index contributed by atoms with van der Waals surface area (Å²) in [6, 6.07) is 20.4. The highest BCUT2D eigenvalue weighted by molar-refractivity contribution is 6.16. The Bertz CT molecular complexity index is 883. The predicted octanol–water partition coefficient (Wildman–Crippen LogP) is 5.17. The normalized spacial score (nSPS) is 16.0. The summed E-state index contributed by atoms with van der Waals surface area (Å²) in [5.74, 6) is 0.791. The van der Waals surface area contributed by atoms with Crippen LogP contribution in [0.5, 0.6) is 5.75 Å². The molecular weight excluding hydrogens is 330 g/mol. The van der Waals surface area contributed by atoms with Crippen molar-refractivity contribution >= 4 is 16.5 Å². The van der Waals surface area contributed by atoms with Gasteiger partial charge in [-0.25, -0.2) is 0 Å². The van der Waals surface area contributed by atoms with E-state index < -0.39 is 0 Å². The number of ether oxygens (including phenoxy) is 1. The summed E-state index contributed by atoms with van der Waals surface area (Å²) < 4.78 is 5.63. The van der Waals surface area contributed by atoms with Gasteiger partial charge in [-0.05, 0) is 37.6 Å². The van der Waals surface area contributed by atoms with Gasteiger partial charge in [-0.15, -0.1) is 0 Å². The lowest BCUT2D eigenvalue weighted by molar-refractivity contribution is 0.283. The number of nitrogens with zero attached hydrogens (tertiary/aromatic N) is 1. The first kappa shape index (κ1) is 19.1. The standard InChI is InChI=1S/C13H11NO2.C8H10.O2/c1-8-13(14-15)12-10-5-3-2-4-9(10)6-7-11(12)16-8;1-7-3-5-8(2)6-4-7;1-2/h2-8,15H,1H3;3-6H,1-2H3;/b14-13+;;. The van der Waals surface area contributed by atoms with Gasteiger partial charge in [0.05, 0.1) is 5.56 Å². The maximum atomic E-state index is 9.05. The van der Waals surface area contributed by atoms with E-state index in [2.05, 4.69) is 43.3 Å². The minimum absolute atomic E-state index is 0.189. The van der Waals surface area contributed by atoms with Gasteiger partial charge in [-0.1, -0.05) is 70.9 Å². The Morgan fingerprint density at radius 3 is 2.04 bits per heavy atom. The van der Waals surface area contributed by atoms with E-state index in [9.17, 15) is 0 Å². The molecule has 0 spiro atoms. The van der Waals surface area contributed by atoms with Crippen molar-refractivity contribution in [3.63, 3.8) is 0 Å². The summed E-state index contributed by atoms with van der Waals surface area (Å²) >= 11 is 0. The van der Waals surface area contributed by atoms with Gasteiger partial charge in [-0.3, -0.25) is 0 Å². The predicted molar refractivity (Wildman–Crippen MR) is 105 cm³/mol. The fourth-order valence-electron chi connectivity index (χ4n) is 2.83. The highest BCUT2D eigenvalue weighted by Crippen LogP contribution is 2.35. The molecule has 0 aromatic heterocycles. The van der Waals surface area contributed by atoms with Crippen molar-refractivity contribution in [3.8, 4) is 5.75 Å². The molecule has 0 radical (unpaired) electrons. The molecular formula is C21H21NO4. The highest BCUT2D eigenvalue weighted by atomic mass is 16.7. The van der Waals surface area contributed by atoms with Crippen molar-refractivity contribution < 1.29 is 9.94 Å². The topological polar surface area (TPSA) is 76.0 Å². The van der Waals surface area contributed by atoms with Crippen LogP contribution >= 0.6 is 0 Å². The van der Waals surface area contributed by atoms with Crippen LogP contribution in [0.2, 0.25) is 0 Å². The number of fused-ring (bicyclic) bond motifs is 3.